The van der Waals surface area contributed by atoms with Crippen LogP contribution in [0.2, 0.25) is 5.02 Å². The maximum Gasteiger partial charge on any atom is 0.339 e. The van der Waals surface area contributed by atoms with E-state index < -0.39 is 16.0 Å². The third kappa shape index (κ3) is 6.90. The molecule has 0 fully saturated rings. The van der Waals surface area contributed by atoms with Crippen molar-refractivity contribution in [1.29, 1.82) is 0 Å². The predicted molar refractivity (Wildman–Crippen MR) is 145 cm³/mol. The molecule has 0 aliphatic heterocycles. The van der Waals surface area contributed by atoms with Gasteiger partial charge in [0.25, 0.3) is 5.91 Å². The van der Waals surface area contributed by atoms with Crippen LogP contribution in [0.15, 0.2) is 107 Å². The van der Waals surface area contributed by atoms with E-state index in [1.165, 1.54) is 37.6 Å². The van der Waals surface area contributed by atoms with Crippen LogP contribution in [-0.2, 0) is 16.7 Å². The van der Waals surface area contributed by atoms with Gasteiger partial charge in [0, 0.05) is 5.56 Å². The number of nitrogens with one attached hydrogen (secondary N) is 1. The summed E-state index contributed by atoms with van der Waals surface area (Å²) in [4.78, 5) is 12.6. The predicted octanol–water partition coefficient (Wildman–Crippen LogP) is 5.46. The molecule has 0 aromatic heterocycles. The monoisotopic (exact) mass is 550 g/mol. The van der Waals surface area contributed by atoms with Gasteiger partial charge in [-0.25, -0.2) is 5.43 Å². The fourth-order valence-electron chi connectivity index (χ4n) is 3.31. The van der Waals surface area contributed by atoms with Crippen LogP contribution in [0.25, 0.3) is 0 Å². The Kier molecular flexibility index (Phi) is 8.62. The summed E-state index contributed by atoms with van der Waals surface area (Å²) in [5.41, 5.74) is 4.27. The van der Waals surface area contributed by atoms with E-state index in [0.717, 1.165) is 5.56 Å². The van der Waals surface area contributed by atoms with Gasteiger partial charge >= 0.3 is 10.1 Å². The van der Waals surface area contributed by atoms with Crippen LogP contribution < -0.4 is 19.1 Å². The largest absolute Gasteiger partial charge is 0.493 e. The van der Waals surface area contributed by atoms with Gasteiger partial charge in [-0.05, 0) is 59.7 Å². The summed E-state index contributed by atoms with van der Waals surface area (Å²) in [5.74, 6) is 0.417. The van der Waals surface area contributed by atoms with Crippen molar-refractivity contribution in [2.24, 2.45) is 5.10 Å². The molecule has 0 heterocycles. The maximum atomic E-state index is 12.6. The molecule has 0 unspecified atom stereocenters. The lowest BCUT2D eigenvalue weighted by molar-refractivity contribution is 0.0954. The van der Waals surface area contributed by atoms with Gasteiger partial charge in [-0.15, -0.1) is 0 Å². The minimum Gasteiger partial charge on any atom is -0.493 e. The lowest BCUT2D eigenvalue weighted by Gasteiger charge is -2.12. The summed E-state index contributed by atoms with van der Waals surface area (Å²) >= 11 is 6.21. The van der Waals surface area contributed by atoms with Crippen molar-refractivity contribution in [2.45, 2.75) is 11.5 Å². The minimum atomic E-state index is -4.03. The van der Waals surface area contributed by atoms with E-state index in [4.69, 9.17) is 25.3 Å². The van der Waals surface area contributed by atoms with Gasteiger partial charge in [-0.1, -0.05) is 60.1 Å². The minimum absolute atomic E-state index is 0.0110. The summed E-state index contributed by atoms with van der Waals surface area (Å²) in [5, 5.41) is 4.02. The van der Waals surface area contributed by atoms with E-state index in [2.05, 4.69) is 10.5 Å². The summed E-state index contributed by atoms with van der Waals surface area (Å²) in [6.45, 7) is 0.359. The van der Waals surface area contributed by atoms with Gasteiger partial charge in [-0.2, -0.15) is 13.5 Å². The molecule has 194 valence electrons. The first kappa shape index (κ1) is 26.7. The van der Waals surface area contributed by atoms with E-state index in [0.29, 0.717) is 29.2 Å². The van der Waals surface area contributed by atoms with Crippen molar-refractivity contribution >= 4 is 33.8 Å². The zero-order chi connectivity index (χ0) is 27.0. The van der Waals surface area contributed by atoms with Crippen molar-refractivity contribution in [1.82, 2.24) is 5.43 Å². The smallest absolute Gasteiger partial charge is 0.339 e. The first-order valence-electron chi connectivity index (χ1n) is 11.3. The van der Waals surface area contributed by atoms with Crippen molar-refractivity contribution in [2.75, 3.05) is 7.11 Å². The van der Waals surface area contributed by atoms with E-state index in [1.54, 1.807) is 42.5 Å². The number of benzene rings is 4. The highest BCUT2D eigenvalue weighted by Crippen LogP contribution is 2.29. The summed E-state index contributed by atoms with van der Waals surface area (Å²) < 4.78 is 41.2. The SMILES string of the molecule is COc1cc(C(=O)N/N=C/c2ccc(OS(=O)(=O)c3ccccc3)c(Cl)c2)ccc1OCc1ccccc1. The molecule has 4 rings (SSSR count). The molecule has 1 N–H and O–H groups in total. The van der Waals surface area contributed by atoms with Crippen LogP contribution in [0, 0.1) is 0 Å². The van der Waals surface area contributed by atoms with Gasteiger partial charge in [0.1, 0.15) is 11.5 Å². The number of hydrazone groups is 1. The van der Waals surface area contributed by atoms with Gasteiger partial charge < -0.3 is 13.7 Å². The zero-order valence-corrected chi connectivity index (χ0v) is 21.8. The van der Waals surface area contributed by atoms with Gasteiger partial charge in [0.15, 0.2) is 17.2 Å². The number of hydrogen-bond donors (Lipinski definition) is 1. The van der Waals surface area contributed by atoms with Crippen LogP contribution in [-0.4, -0.2) is 27.6 Å². The molecule has 1 amide bonds. The van der Waals surface area contributed by atoms with Crippen LogP contribution >= 0.6 is 11.6 Å². The molecule has 38 heavy (non-hydrogen) atoms. The molecular weight excluding hydrogens is 528 g/mol. The normalized spacial score (nSPS) is 11.2. The molecule has 4 aromatic carbocycles. The Morgan fingerprint density at radius 3 is 2.26 bits per heavy atom. The van der Waals surface area contributed by atoms with Gasteiger partial charge in [0.2, 0.25) is 0 Å². The fraction of sp³-hybridized carbons (Fsp3) is 0.0714. The molecule has 10 heteroatoms. The Labute approximate surface area is 225 Å². The standard InChI is InChI=1S/C28H23ClN2O6S/c1-35-27-17-22(13-15-26(27)36-19-20-8-4-2-5-9-20)28(32)31-30-18-21-12-14-25(24(29)16-21)37-38(33,34)23-10-6-3-7-11-23/h2-18H,19H2,1H3,(H,31,32)/b30-18+. The molecular formula is C28H23ClN2O6S. The number of hydrogen-bond acceptors (Lipinski definition) is 7. The van der Waals surface area contributed by atoms with Crippen molar-refractivity contribution < 1.29 is 26.9 Å². The third-order valence-electron chi connectivity index (χ3n) is 5.23. The quantitative estimate of drug-likeness (QED) is 0.160. The second-order valence-corrected chi connectivity index (χ2v) is 9.83. The summed E-state index contributed by atoms with van der Waals surface area (Å²) in [6, 6.07) is 26.7. The number of carbonyl (C=O) groups is 1. The number of amides is 1. The molecule has 0 saturated carbocycles. The van der Waals surface area contributed by atoms with Crippen molar-refractivity contribution in [3.63, 3.8) is 0 Å². The van der Waals surface area contributed by atoms with E-state index in [1.807, 2.05) is 30.3 Å². The first-order chi connectivity index (χ1) is 18.4. The molecule has 0 radical (unpaired) electrons. The zero-order valence-electron chi connectivity index (χ0n) is 20.2. The molecule has 0 bridgehead atoms. The fourth-order valence-corrected chi connectivity index (χ4v) is 4.55. The van der Waals surface area contributed by atoms with E-state index >= 15 is 0 Å². The summed E-state index contributed by atoms with van der Waals surface area (Å²) in [6.07, 6.45) is 1.37. The maximum absolute atomic E-state index is 12.6. The van der Waals surface area contributed by atoms with Crippen LogP contribution in [0.4, 0.5) is 0 Å². The van der Waals surface area contributed by atoms with Gasteiger partial charge in [-0.3, -0.25) is 4.79 Å². The second-order valence-electron chi connectivity index (χ2n) is 7.88. The number of rotatable bonds is 10. The average molecular weight is 551 g/mol. The Morgan fingerprint density at radius 2 is 1.58 bits per heavy atom. The Balaban J connectivity index is 1.37. The molecule has 4 aromatic rings. The lowest BCUT2D eigenvalue weighted by atomic mass is 10.2. The van der Waals surface area contributed by atoms with Gasteiger partial charge in [0.05, 0.1) is 18.3 Å². The van der Waals surface area contributed by atoms with Crippen molar-refractivity contribution in [3.8, 4) is 17.2 Å². The first-order valence-corrected chi connectivity index (χ1v) is 13.1. The van der Waals surface area contributed by atoms with E-state index in [9.17, 15) is 13.2 Å². The topological polar surface area (TPSA) is 103 Å². The molecule has 0 saturated heterocycles. The Morgan fingerprint density at radius 1 is 0.895 bits per heavy atom. The lowest BCUT2D eigenvalue weighted by Crippen LogP contribution is -2.17. The highest BCUT2D eigenvalue weighted by atomic mass is 35.5. The van der Waals surface area contributed by atoms with Crippen molar-refractivity contribution in [3.05, 3.63) is 119 Å². The van der Waals surface area contributed by atoms with Crippen LogP contribution in [0.5, 0.6) is 17.2 Å². The molecule has 0 aliphatic rings. The third-order valence-corrected chi connectivity index (χ3v) is 6.77. The number of carbonyl (C=O) groups excluding carboxylic acids is 1. The number of halogens is 1. The van der Waals surface area contributed by atoms with Crippen LogP contribution in [0.3, 0.4) is 0 Å². The second kappa shape index (κ2) is 12.3. The highest BCUT2D eigenvalue weighted by molar-refractivity contribution is 7.87. The number of methoxy groups -OCH3 is 1. The highest BCUT2D eigenvalue weighted by Gasteiger charge is 2.18. The summed E-state index contributed by atoms with van der Waals surface area (Å²) in [7, 11) is -2.54. The number of nitrogens with zero attached hydrogens (tertiary/aromatic N) is 1. The molecule has 0 atom stereocenters. The van der Waals surface area contributed by atoms with E-state index in [-0.39, 0.29) is 15.7 Å². The van der Waals surface area contributed by atoms with Crippen LogP contribution in [0.1, 0.15) is 21.5 Å². The average Bonchev–Trinajstić information content (AvgIpc) is 2.94. The molecule has 0 aliphatic carbocycles. The number of ether oxygens (including phenoxy) is 2. The Bertz CT molecular complexity index is 1540. The Hall–Kier alpha value is -4.34. The molecule has 8 nitrogen and oxygen atoms in total. The molecule has 0 spiro atoms.